The van der Waals surface area contributed by atoms with Gasteiger partial charge in [-0.3, -0.25) is 0 Å². The summed E-state index contributed by atoms with van der Waals surface area (Å²) in [7, 11) is 0. The summed E-state index contributed by atoms with van der Waals surface area (Å²) in [5, 5.41) is 0. The number of hydrogen-bond acceptors (Lipinski definition) is 2. The molecule has 0 heterocycles. The van der Waals surface area contributed by atoms with E-state index < -0.39 is 23.7 Å². The number of halogens is 5. The van der Waals surface area contributed by atoms with Crippen molar-refractivity contribution in [2.75, 3.05) is 0 Å². The zero-order chi connectivity index (χ0) is 22.3. The van der Waals surface area contributed by atoms with Crippen molar-refractivity contribution in [1.82, 2.24) is 0 Å². The van der Waals surface area contributed by atoms with Crippen molar-refractivity contribution in [3.05, 3.63) is 88.6 Å². The third kappa shape index (κ3) is 5.19. The van der Waals surface area contributed by atoms with Crippen LogP contribution in [0.3, 0.4) is 0 Å². The summed E-state index contributed by atoms with van der Waals surface area (Å²) in [6.07, 6.45) is -2.80. The van der Waals surface area contributed by atoms with Gasteiger partial charge < -0.3 is 10.5 Å². The van der Waals surface area contributed by atoms with Gasteiger partial charge in [0.25, 0.3) is 0 Å². The molecule has 0 saturated heterocycles. The van der Waals surface area contributed by atoms with Gasteiger partial charge in [0.2, 0.25) is 0 Å². The molecule has 0 fully saturated rings. The zero-order valence-corrected chi connectivity index (χ0v) is 21.0. The summed E-state index contributed by atoms with van der Waals surface area (Å²) in [5.41, 5.74) is 8.19. The molecule has 3 aromatic rings. The van der Waals surface area contributed by atoms with Gasteiger partial charge in [0.15, 0.2) is 0 Å². The van der Waals surface area contributed by atoms with E-state index in [1.165, 1.54) is 24.3 Å². The predicted octanol–water partition coefficient (Wildman–Crippen LogP) is 6.05. The minimum absolute atomic E-state index is 0. The average Bonchev–Trinajstić information content (AvgIpc) is 2.67. The second-order valence-electron chi connectivity index (χ2n) is 7.31. The van der Waals surface area contributed by atoms with E-state index in [4.69, 9.17) is 5.73 Å². The molecule has 3 aromatic carbocycles. The second-order valence-corrected chi connectivity index (χ2v) is 7.31. The van der Waals surface area contributed by atoms with Crippen LogP contribution in [-0.4, -0.2) is 6.36 Å². The number of rotatable bonds is 3. The van der Waals surface area contributed by atoms with E-state index in [2.05, 4.69) is 16.9 Å². The average molecular weight is 667 g/mol. The Morgan fingerprint density at radius 1 is 0.969 bits per heavy atom. The van der Waals surface area contributed by atoms with Crippen LogP contribution in [0.1, 0.15) is 16.7 Å². The van der Waals surface area contributed by atoms with Gasteiger partial charge in [0.1, 0.15) is 5.82 Å². The molecule has 8 heteroatoms. The zero-order valence-electron chi connectivity index (χ0n) is 16.8. The molecule has 0 bridgehead atoms. The summed E-state index contributed by atoms with van der Waals surface area (Å²) < 4.78 is 72.0. The molecule has 2 nitrogen and oxygen atoms in total. The van der Waals surface area contributed by atoms with Crippen molar-refractivity contribution in [3.63, 3.8) is 0 Å². The number of fused-ring (bicyclic) bond motifs is 1. The van der Waals surface area contributed by atoms with Crippen LogP contribution in [-0.2, 0) is 12.8 Å². The molecule has 0 aromatic heterocycles. The summed E-state index contributed by atoms with van der Waals surface area (Å²) in [6, 6.07) is 13.9. The van der Waals surface area contributed by atoms with Gasteiger partial charge in [-0.15, -0.1) is 30.9 Å². The van der Waals surface area contributed by atoms with Crippen molar-refractivity contribution >= 4 is 0 Å². The quantitative estimate of drug-likeness (QED) is 0.273. The minimum Gasteiger partial charge on any atom is -0.427 e. The first kappa shape index (κ1) is 24.3. The van der Waals surface area contributed by atoms with Gasteiger partial charge in [-0.2, -0.15) is 18.2 Å². The van der Waals surface area contributed by atoms with Crippen molar-refractivity contribution in [3.8, 4) is 28.0 Å². The van der Waals surface area contributed by atoms with Crippen LogP contribution < -0.4 is 10.5 Å². The first-order valence-corrected chi connectivity index (χ1v) is 9.38. The van der Waals surface area contributed by atoms with Crippen LogP contribution in [0.15, 0.2) is 48.2 Å². The maximum absolute atomic E-state index is 14.8. The standard InChI is InChI=1S/C24H16F5NO.U/c1-13-2-6-18(21(25)8-13)19-7-4-14(10-22(19)26)16-9-15-3-5-17(30)12-20(15)23(11-16)31-24(27,28)29;/h2,4-9H,3,12,30H2,1H3;/q-2;+2. The molecule has 0 amide bonds. The molecule has 0 radical (unpaired) electrons. The molecule has 0 aliphatic heterocycles. The fourth-order valence-corrected chi connectivity index (χ4v) is 3.55. The van der Waals surface area contributed by atoms with Crippen LogP contribution in [0.5, 0.6) is 5.75 Å². The molecule has 2 N–H and O–H groups in total. The molecule has 0 unspecified atom stereocenters. The predicted molar refractivity (Wildman–Crippen MR) is 106 cm³/mol. The van der Waals surface area contributed by atoms with E-state index in [9.17, 15) is 22.0 Å². The maximum Gasteiger partial charge on any atom is 2.00 e. The summed E-state index contributed by atoms with van der Waals surface area (Å²) in [4.78, 5) is 0. The molecule has 162 valence electrons. The van der Waals surface area contributed by atoms with E-state index in [1.807, 2.05) is 0 Å². The number of hydrogen-bond donors (Lipinski definition) is 1. The van der Waals surface area contributed by atoms with Crippen LogP contribution in [0.25, 0.3) is 22.3 Å². The van der Waals surface area contributed by atoms with Crippen molar-refractivity contribution in [1.29, 1.82) is 0 Å². The summed E-state index contributed by atoms with van der Waals surface area (Å²) in [6.45, 7) is 1.72. The smallest absolute Gasteiger partial charge is 0.427 e. The molecule has 1 aliphatic rings. The van der Waals surface area contributed by atoms with Crippen LogP contribution in [0.2, 0.25) is 0 Å². The van der Waals surface area contributed by atoms with Crippen LogP contribution in [0.4, 0.5) is 22.0 Å². The number of allylic oxidation sites excluding steroid dienone is 2. The fraction of sp³-hybridized carbons (Fsp3) is 0.167. The third-order valence-corrected chi connectivity index (χ3v) is 5.01. The third-order valence-electron chi connectivity index (χ3n) is 5.01. The Hall–Kier alpha value is -2.30. The van der Waals surface area contributed by atoms with Gasteiger partial charge in [0, 0.05) is 11.6 Å². The first-order chi connectivity index (χ1) is 14.6. The topological polar surface area (TPSA) is 35.2 Å². The summed E-state index contributed by atoms with van der Waals surface area (Å²) >= 11 is 0. The van der Waals surface area contributed by atoms with Crippen molar-refractivity contribution < 1.29 is 57.8 Å². The summed E-state index contributed by atoms with van der Waals surface area (Å²) in [5.74, 6) is -1.90. The van der Waals surface area contributed by atoms with E-state index in [0.29, 0.717) is 28.8 Å². The van der Waals surface area contributed by atoms with E-state index in [0.717, 1.165) is 0 Å². The molecule has 0 saturated carbocycles. The molecule has 32 heavy (non-hydrogen) atoms. The number of ether oxygens (including phenoxy) is 1. The van der Waals surface area contributed by atoms with Crippen LogP contribution in [0, 0.1) is 61.8 Å². The number of alkyl halides is 3. The number of nitrogens with two attached hydrogens (primary N) is 1. The molecular formula is C24H16F5NOU. The van der Waals surface area contributed by atoms with E-state index >= 15 is 0 Å². The van der Waals surface area contributed by atoms with Crippen LogP contribution >= 0.6 is 0 Å². The van der Waals surface area contributed by atoms with E-state index in [1.54, 1.807) is 25.1 Å². The van der Waals surface area contributed by atoms with Gasteiger partial charge in [-0.25, -0.2) is 19.9 Å². The SMILES string of the molecule is Cc1ccc(-c2ccc(-c3[c-]c(OC(F)(F)F)c4c(c3)CC=C(N)C4)[c-]c2F)c(F)c1.[U+2]. The van der Waals surface area contributed by atoms with Crippen molar-refractivity contribution in [2.24, 2.45) is 5.73 Å². The van der Waals surface area contributed by atoms with Gasteiger partial charge in [0.05, 0.1) is 0 Å². The Kier molecular flexibility index (Phi) is 7.07. The largest absolute Gasteiger partial charge is 2.00 e. The normalized spacial score (nSPS) is 13.1. The second kappa shape index (κ2) is 9.29. The Balaban J connectivity index is 0.00000289. The van der Waals surface area contributed by atoms with Gasteiger partial charge in [-0.1, -0.05) is 29.3 Å². The van der Waals surface area contributed by atoms with Gasteiger partial charge in [-0.05, 0) is 42.7 Å². The Labute approximate surface area is 205 Å². The molecule has 0 atom stereocenters. The maximum atomic E-state index is 14.8. The molecule has 1 aliphatic carbocycles. The van der Waals surface area contributed by atoms with Crippen molar-refractivity contribution in [2.45, 2.75) is 26.1 Å². The fourth-order valence-electron chi connectivity index (χ4n) is 3.55. The molecule has 4 rings (SSSR count). The minimum atomic E-state index is -4.92. The van der Waals surface area contributed by atoms with E-state index in [-0.39, 0.29) is 59.8 Å². The molecule has 0 spiro atoms. The molecular weight excluding hydrogens is 651 g/mol. The Morgan fingerprint density at radius 3 is 2.34 bits per heavy atom. The van der Waals surface area contributed by atoms with Gasteiger partial charge >= 0.3 is 37.5 Å². The Morgan fingerprint density at radius 2 is 1.69 bits per heavy atom. The first-order valence-electron chi connectivity index (χ1n) is 9.38. The Bertz CT molecular complexity index is 1200. The monoisotopic (exact) mass is 667 g/mol. The number of aryl methyl sites for hydroxylation is 1. The number of benzene rings is 3.